The molecule has 0 amide bonds. The summed E-state index contributed by atoms with van der Waals surface area (Å²) >= 11 is 1.71. The third-order valence-corrected chi connectivity index (χ3v) is 5.45. The molecule has 140 valence electrons. The Balaban J connectivity index is 1.53. The van der Waals surface area contributed by atoms with Gasteiger partial charge in [-0.05, 0) is 59.7 Å². The smallest absolute Gasteiger partial charge is 0.191 e. The number of hydrogen-bond donors (Lipinski definition) is 2. The number of nitrogens with zero attached hydrogens (tertiary/aromatic N) is 3. The monoisotopic (exact) mass is 371 g/mol. The first-order chi connectivity index (χ1) is 12.7. The molecule has 0 aromatic carbocycles. The average molecular weight is 372 g/mol. The molecule has 1 saturated heterocycles. The predicted molar refractivity (Wildman–Crippen MR) is 111 cm³/mol. The number of anilines is 1. The van der Waals surface area contributed by atoms with E-state index in [1.54, 1.807) is 11.3 Å². The summed E-state index contributed by atoms with van der Waals surface area (Å²) < 4.78 is 0. The summed E-state index contributed by atoms with van der Waals surface area (Å²) in [5.74, 6) is 2.78. The molecule has 3 rings (SSSR count). The molecule has 0 saturated carbocycles. The van der Waals surface area contributed by atoms with E-state index in [0.717, 1.165) is 43.9 Å². The molecule has 2 N–H and O–H groups in total. The Morgan fingerprint density at radius 1 is 1.23 bits per heavy atom. The largest absolute Gasteiger partial charge is 0.357 e. The van der Waals surface area contributed by atoms with Crippen LogP contribution < -0.4 is 15.5 Å². The first-order valence-electron chi connectivity index (χ1n) is 9.47. The number of hydrogen-bond acceptors (Lipinski definition) is 4. The first-order valence-corrected chi connectivity index (χ1v) is 10.4. The molecular formula is C20H29N5S. The van der Waals surface area contributed by atoms with Crippen molar-refractivity contribution in [3.8, 4) is 0 Å². The molecule has 0 aliphatic carbocycles. The minimum absolute atomic E-state index is 0.698. The summed E-state index contributed by atoms with van der Waals surface area (Å²) in [5, 5.41) is 10.9. The Hall–Kier alpha value is -2.08. The summed E-state index contributed by atoms with van der Waals surface area (Å²) in [5.41, 5.74) is 2.41. The van der Waals surface area contributed by atoms with Gasteiger partial charge in [-0.2, -0.15) is 11.3 Å². The quantitative estimate of drug-likeness (QED) is 0.601. The van der Waals surface area contributed by atoms with Gasteiger partial charge in [-0.3, -0.25) is 0 Å². The summed E-state index contributed by atoms with van der Waals surface area (Å²) in [6.45, 7) is 8.92. The zero-order valence-corrected chi connectivity index (χ0v) is 16.6. The standard InChI is InChI=1S/C20H29N5S/c1-3-21-20(24-14-18-8-11-26-15-18)23-13-17-4-5-19(22-12-17)25-9-6-16(2)7-10-25/h4-5,8,11-12,15-16H,3,6-7,9-10,13-14H2,1-2H3,(H2,21,23,24). The molecule has 1 fully saturated rings. The number of nitrogens with one attached hydrogen (secondary N) is 2. The number of piperidine rings is 1. The highest BCUT2D eigenvalue weighted by Crippen LogP contribution is 2.21. The number of guanidine groups is 1. The van der Waals surface area contributed by atoms with Gasteiger partial charge in [0.15, 0.2) is 5.96 Å². The second-order valence-corrected chi connectivity index (χ2v) is 7.65. The van der Waals surface area contributed by atoms with E-state index in [0.29, 0.717) is 6.54 Å². The Morgan fingerprint density at radius 2 is 2.08 bits per heavy atom. The van der Waals surface area contributed by atoms with Crippen LogP contribution in [0, 0.1) is 5.92 Å². The fourth-order valence-electron chi connectivity index (χ4n) is 3.03. The van der Waals surface area contributed by atoms with Gasteiger partial charge >= 0.3 is 0 Å². The normalized spacial score (nSPS) is 15.9. The molecule has 0 atom stereocenters. The Labute approximate surface area is 160 Å². The first kappa shape index (κ1) is 18.7. The van der Waals surface area contributed by atoms with E-state index in [9.17, 15) is 0 Å². The number of pyridine rings is 1. The van der Waals surface area contributed by atoms with Crippen LogP contribution in [0.5, 0.6) is 0 Å². The number of thiophene rings is 1. The maximum Gasteiger partial charge on any atom is 0.191 e. The maximum absolute atomic E-state index is 4.66. The minimum atomic E-state index is 0.698. The fourth-order valence-corrected chi connectivity index (χ4v) is 3.69. The zero-order valence-electron chi connectivity index (χ0n) is 15.7. The van der Waals surface area contributed by atoms with Crippen molar-refractivity contribution in [3.63, 3.8) is 0 Å². The molecule has 2 aromatic rings. The van der Waals surface area contributed by atoms with Gasteiger partial charge in [-0.1, -0.05) is 13.0 Å². The molecule has 26 heavy (non-hydrogen) atoms. The third-order valence-electron chi connectivity index (χ3n) is 4.72. The van der Waals surface area contributed by atoms with E-state index in [2.05, 4.69) is 68.3 Å². The average Bonchev–Trinajstić information content (AvgIpc) is 3.19. The van der Waals surface area contributed by atoms with Gasteiger partial charge in [0.2, 0.25) is 0 Å². The molecule has 1 aliphatic heterocycles. The van der Waals surface area contributed by atoms with Crippen LogP contribution in [0.3, 0.4) is 0 Å². The highest BCUT2D eigenvalue weighted by atomic mass is 32.1. The Bertz CT molecular complexity index is 673. The molecule has 0 unspecified atom stereocenters. The van der Waals surface area contributed by atoms with Crippen LogP contribution in [0.15, 0.2) is 40.1 Å². The van der Waals surface area contributed by atoms with Crippen LogP contribution in [0.25, 0.3) is 0 Å². The van der Waals surface area contributed by atoms with Crippen molar-refractivity contribution in [1.29, 1.82) is 0 Å². The molecule has 1 aliphatic rings. The lowest BCUT2D eigenvalue weighted by Gasteiger charge is -2.31. The fraction of sp³-hybridized carbons (Fsp3) is 0.500. The Kier molecular flexibility index (Phi) is 6.89. The highest BCUT2D eigenvalue weighted by Gasteiger charge is 2.16. The lowest BCUT2D eigenvalue weighted by Crippen LogP contribution is -2.37. The number of rotatable bonds is 6. The van der Waals surface area contributed by atoms with Crippen LogP contribution in [-0.2, 0) is 13.1 Å². The molecule has 0 bridgehead atoms. The van der Waals surface area contributed by atoms with Crippen LogP contribution in [0.2, 0.25) is 0 Å². The lowest BCUT2D eigenvalue weighted by atomic mass is 9.99. The van der Waals surface area contributed by atoms with Crippen LogP contribution in [-0.4, -0.2) is 30.6 Å². The van der Waals surface area contributed by atoms with Gasteiger partial charge in [0, 0.05) is 32.4 Å². The highest BCUT2D eigenvalue weighted by molar-refractivity contribution is 7.07. The summed E-state index contributed by atoms with van der Waals surface area (Å²) in [6, 6.07) is 6.42. The van der Waals surface area contributed by atoms with Gasteiger partial charge in [0.1, 0.15) is 5.82 Å². The third kappa shape index (κ3) is 5.46. The Morgan fingerprint density at radius 3 is 2.73 bits per heavy atom. The summed E-state index contributed by atoms with van der Waals surface area (Å²) in [6.07, 6.45) is 4.50. The zero-order chi connectivity index (χ0) is 18.2. The van der Waals surface area contributed by atoms with E-state index in [-0.39, 0.29) is 0 Å². The SMILES string of the molecule is CCNC(=NCc1ccsc1)NCc1ccc(N2CCC(C)CC2)nc1. The van der Waals surface area contributed by atoms with Gasteiger partial charge in [-0.25, -0.2) is 9.98 Å². The van der Waals surface area contributed by atoms with Crippen LogP contribution in [0.4, 0.5) is 5.82 Å². The van der Waals surface area contributed by atoms with Crippen molar-refractivity contribution in [2.24, 2.45) is 10.9 Å². The number of aliphatic imine (C=N–C) groups is 1. The van der Waals surface area contributed by atoms with Crippen molar-refractivity contribution in [2.45, 2.75) is 39.8 Å². The van der Waals surface area contributed by atoms with Crippen molar-refractivity contribution < 1.29 is 0 Å². The van der Waals surface area contributed by atoms with Gasteiger partial charge in [0.25, 0.3) is 0 Å². The van der Waals surface area contributed by atoms with Crippen molar-refractivity contribution in [1.82, 2.24) is 15.6 Å². The predicted octanol–water partition coefficient (Wildman–Crippen LogP) is 3.63. The van der Waals surface area contributed by atoms with Gasteiger partial charge in [-0.15, -0.1) is 0 Å². The molecular weight excluding hydrogens is 342 g/mol. The molecule has 5 nitrogen and oxygen atoms in total. The molecule has 0 spiro atoms. The van der Waals surface area contributed by atoms with Crippen molar-refractivity contribution in [3.05, 3.63) is 46.3 Å². The lowest BCUT2D eigenvalue weighted by molar-refractivity contribution is 0.436. The van der Waals surface area contributed by atoms with E-state index in [1.165, 1.54) is 24.0 Å². The van der Waals surface area contributed by atoms with E-state index in [1.807, 2.05) is 6.20 Å². The maximum atomic E-state index is 4.66. The van der Waals surface area contributed by atoms with Crippen molar-refractivity contribution >= 4 is 23.1 Å². The van der Waals surface area contributed by atoms with E-state index in [4.69, 9.17) is 0 Å². The molecule has 3 heterocycles. The minimum Gasteiger partial charge on any atom is -0.357 e. The molecule has 6 heteroatoms. The molecule has 0 radical (unpaired) electrons. The van der Waals surface area contributed by atoms with E-state index >= 15 is 0 Å². The second kappa shape index (κ2) is 9.57. The van der Waals surface area contributed by atoms with E-state index < -0.39 is 0 Å². The van der Waals surface area contributed by atoms with Crippen LogP contribution in [0.1, 0.15) is 37.8 Å². The summed E-state index contributed by atoms with van der Waals surface area (Å²) in [7, 11) is 0. The second-order valence-electron chi connectivity index (χ2n) is 6.87. The van der Waals surface area contributed by atoms with Gasteiger partial charge < -0.3 is 15.5 Å². The number of aromatic nitrogens is 1. The summed E-state index contributed by atoms with van der Waals surface area (Å²) in [4.78, 5) is 11.7. The molecule has 2 aromatic heterocycles. The van der Waals surface area contributed by atoms with Crippen LogP contribution >= 0.6 is 11.3 Å². The topological polar surface area (TPSA) is 52.6 Å². The van der Waals surface area contributed by atoms with Crippen molar-refractivity contribution in [2.75, 3.05) is 24.5 Å². The van der Waals surface area contributed by atoms with Gasteiger partial charge in [0.05, 0.1) is 6.54 Å².